The van der Waals surface area contributed by atoms with E-state index in [0.717, 1.165) is 0 Å². The minimum atomic E-state index is -0.713. The maximum atomic E-state index is 13.1. The summed E-state index contributed by atoms with van der Waals surface area (Å²) in [4.78, 5) is 10.9. The fourth-order valence-corrected chi connectivity index (χ4v) is 1.37. The van der Waals surface area contributed by atoms with Crippen molar-refractivity contribution in [3.63, 3.8) is 0 Å². The van der Waals surface area contributed by atoms with E-state index in [2.05, 4.69) is 4.74 Å². The highest BCUT2D eigenvalue weighted by Gasteiger charge is 2.13. The van der Waals surface area contributed by atoms with Gasteiger partial charge in [0.1, 0.15) is 0 Å². The quantitative estimate of drug-likeness (QED) is 0.583. The number of methoxy groups -OCH3 is 1. The van der Waals surface area contributed by atoms with E-state index in [9.17, 15) is 9.18 Å². The van der Waals surface area contributed by atoms with E-state index >= 15 is 0 Å². The first-order valence-corrected chi connectivity index (χ1v) is 4.51. The van der Waals surface area contributed by atoms with E-state index in [-0.39, 0.29) is 16.5 Å². The van der Waals surface area contributed by atoms with Crippen LogP contribution < -0.4 is 0 Å². The van der Waals surface area contributed by atoms with E-state index < -0.39 is 11.8 Å². The first kappa shape index (κ1) is 11.3. The Bertz CT molecular complexity index is 366. The van der Waals surface area contributed by atoms with Crippen LogP contribution in [-0.2, 0) is 16.0 Å². The van der Waals surface area contributed by atoms with Crippen LogP contribution in [0.25, 0.3) is 0 Å². The molecule has 0 amide bonds. The van der Waals surface area contributed by atoms with Gasteiger partial charge in [-0.15, -0.1) is 0 Å². The van der Waals surface area contributed by atoms with Crippen LogP contribution in [0.5, 0.6) is 0 Å². The number of rotatable bonds is 2. The first-order valence-electron chi connectivity index (χ1n) is 3.75. The predicted octanol–water partition coefficient (Wildman–Crippen LogP) is 2.85. The molecular weight excluding hydrogens is 230 g/mol. The average Bonchev–Trinajstić information content (AvgIpc) is 2.19. The lowest BCUT2D eigenvalue weighted by molar-refractivity contribution is -0.139. The Morgan fingerprint density at radius 2 is 2.14 bits per heavy atom. The molecule has 0 bridgehead atoms. The van der Waals surface area contributed by atoms with Gasteiger partial charge >= 0.3 is 5.97 Å². The maximum Gasteiger partial charge on any atom is 0.310 e. The highest BCUT2D eigenvalue weighted by molar-refractivity contribution is 6.35. The zero-order valence-corrected chi connectivity index (χ0v) is 8.82. The molecule has 14 heavy (non-hydrogen) atoms. The van der Waals surface area contributed by atoms with E-state index in [0.29, 0.717) is 5.56 Å². The third kappa shape index (κ3) is 2.36. The van der Waals surface area contributed by atoms with Gasteiger partial charge in [0.15, 0.2) is 5.82 Å². The summed E-state index contributed by atoms with van der Waals surface area (Å²) < 4.78 is 17.6. The molecule has 2 nitrogen and oxygen atoms in total. The zero-order valence-electron chi connectivity index (χ0n) is 7.31. The third-order valence-corrected chi connectivity index (χ3v) is 2.38. The van der Waals surface area contributed by atoms with E-state index in [1.54, 1.807) is 0 Å². The molecule has 0 heterocycles. The standard InChI is InChI=1S/C9H7Cl2FO2/c1-14-7(13)4-5-2-3-6(10)9(12)8(5)11/h2-3H,4H2,1H3. The van der Waals surface area contributed by atoms with Gasteiger partial charge in [0.2, 0.25) is 0 Å². The largest absolute Gasteiger partial charge is 0.469 e. The van der Waals surface area contributed by atoms with Crippen molar-refractivity contribution in [3.8, 4) is 0 Å². The van der Waals surface area contributed by atoms with Crippen LogP contribution in [0.3, 0.4) is 0 Å². The van der Waals surface area contributed by atoms with E-state index in [1.807, 2.05) is 0 Å². The monoisotopic (exact) mass is 236 g/mol. The number of esters is 1. The molecule has 0 saturated heterocycles. The minimum Gasteiger partial charge on any atom is -0.469 e. The Kier molecular flexibility index (Phi) is 3.72. The predicted molar refractivity (Wildman–Crippen MR) is 52.1 cm³/mol. The van der Waals surface area contributed by atoms with Gasteiger partial charge in [-0.1, -0.05) is 29.3 Å². The number of hydrogen-bond donors (Lipinski definition) is 0. The second kappa shape index (κ2) is 4.62. The van der Waals surface area contributed by atoms with Gasteiger partial charge in [-0.05, 0) is 11.6 Å². The molecule has 0 unspecified atom stereocenters. The van der Waals surface area contributed by atoms with Gasteiger partial charge in [-0.25, -0.2) is 4.39 Å². The SMILES string of the molecule is COC(=O)Cc1ccc(Cl)c(F)c1Cl. The van der Waals surface area contributed by atoms with Gasteiger partial charge in [0, 0.05) is 0 Å². The van der Waals surface area contributed by atoms with Crippen molar-refractivity contribution in [3.05, 3.63) is 33.6 Å². The minimum absolute atomic E-state index is 0.0660. The number of hydrogen-bond acceptors (Lipinski definition) is 2. The van der Waals surface area contributed by atoms with E-state index in [1.165, 1.54) is 19.2 Å². The zero-order chi connectivity index (χ0) is 10.7. The topological polar surface area (TPSA) is 26.3 Å². The Labute approximate surface area is 90.6 Å². The fraction of sp³-hybridized carbons (Fsp3) is 0.222. The average molecular weight is 237 g/mol. The first-order chi connectivity index (χ1) is 6.56. The molecule has 0 N–H and O–H groups in total. The second-order valence-corrected chi connectivity index (χ2v) is 3.37. The second-order valence-electron chi connectivity index (χ2n) is 2.59. The van der Waals surface area contributed by atoms with Gasteiger partial charge in [-0.3, -0.25) is 4.79 Å². The molecule has 0 atom stereocenters. The smallest absolute Gasteiger partial charge is 0.310 e. The molecule has 0 fully saturated rings. The molecule has 0 spiro atoms. The van der Waals surface area contributed by atoms with Crippen LogP contribution in [0, 0.1) is 5.82 Å². The Hall–Kier alpha value is -0.800. The summed E-state index contributed by atoms with van der Waals surface area (Å²) in [6.07, 6.45) is -0.0660. The molecule has 0 radical (unpaired) electrons. The molecule has 1 aromatic rings. The number of ether oxygens (including phenoxy) is 1. The Balaban J connectivity index is 3.00. The maximum absolute atomic E-state index is 13.1. The van der Waals surface area contributed by atoms with Crippen LogP contribution in [0.4, 0.5) is 4.39 Å². The Morgan fingerprint density at radius 1 is 1.50 bits per heavy atom. The molecule has 1 rings (SSSR count). The molecule has 0 saturated carbocycles. The molecule has 0 aliphatic rings. The van der Waals surface area contributed by atoms with Crippen LogP contribution >= 0.6 is 23.2 Å². The van der Waals surface area contributed by atoms with Gasteiger partial charge < -0.3 is 4.74 Å². The highest BCUT2D eigenvalue weighted by Crippen LogP contribution is 2.26. The van der Waals surface area contributed by atoms with Crippen molar-refractivity contribution < 1.29 is 13.9 Å². The summed E-state index contributed by atoms with van der Waals surface area (Å²) in [7, 11) is 1.25. The van der Waals surface area contributed by atoms with Crippen molar-refractivity contribution in [1.29, 1.82) is 0 Å². The molecule has 0 aliphatic carbocycles. The molecule has 0 aliphatic heterocycles. The lowest BCUT2D eigenvalue weighted by Gasteiger charge is -2.04. The van der Waals surface area contributed by atoms with Gasteiger partial charge in [0.05, 0.1) is 23.6 Å². The van der Waals surface area contributed by atoms with Crippen molar-refractivity contribution >= 4 is 29.2 Å². The van der Waals surface area contributed by atoms with E-state index in [4.69, 9.17) is 23.2 Å². The number of carbonyl (C=O) groups excluding carboxylic acids is 1. The summed E-state index contributed by atoms with van der Waals surface area (Å²) in [6, 6.07) is 2.84. The van der Waals surface area contributed by atoms with Crippen LogP contribution in [0.1, 0.15) is 5.56 Å². The van der Waals surface area contributed by atoms with Gasteiger partial charge in [0.25, 0.3) is 0 Å². The lowest BCUT2D eigenvalue weighted by atomic mass is 10.1. The van der Waals surface area contributed by atoms with Gasteiger partial charge in [-0.2, -0.15) is 0 Å². The third-order valence-electron chi connectivity index (χ3n) is 1.68. The molecule has 0 aromatic heterocycles. The van der Waals surface area contributed by atoms with Crippen LogP contribution in [0.2, 0.25) is 10.0 Å². The molecular formula is C9H7Cl2FO2. The summed E-state index contributed by atoms with van der Waals surface area (Å²) in [5.41, 5.74) is 0.361. The van der Waals surface area contributed by atoms with Crippen LogP contribution in [-0.4, -0.2) is 13.1 Å². The summed E-state index contributed by atoms with van der Waals surface area (Å²) >= 11 is 11.1. The highest BCUT2D eigenvalue weighted by atomic mass is 35.5. The summed E-state index contributed by atoms with van der Waals surface area (Å²) in [5, 5.41) is -0.202. The Morgan fingerprint density at radius 3 is 2.71 bits per heavy atom. The fourth-order valence-electron chi connectivity index (χ4n) is 0.930. The van der Waals surface area contributed by atoms with Crippen molar-refractivity contribution in [2.75, 3.05) is 7.11 Å². The van der Waals surface area contributed by atoms with Crippen molar-refractivity contribution in [2.45, 2.75) is 6.42 Å². The van der Waals surface area contributed by atoms with Crippen molar-refractivity contribution in [2.24, 2.45) is 0 Å². The number of halogens is 3. The summed E-state index contributed by atoms with van der Waals surface area (Å²) in [6.45, 7) is 0. The molecule has 76 valence electrons. The number of benzene rings is 1. The number of carbonyl (C=O) groups is 1. The molecule has 1 aromatic carbocycles. The van der Waals surface area contributed by atoms with Crippen molar-refractivity contribution in [1.82, 2.24) is 0 Å². The lowest BCUT2D eigenvalue weighted by Crippen LogP contribution is -2.05. The molecule has 5 heteroatoms. The normalized spacial score (nSPS) is 10.0. The summed E-state index contributed by atoms with van der Waals surface area (Å²) in [5.74, 6) is -1.19. The van der Waals surface area contributed by atoms with Crippen LogP contribution in [0.15, 0.2) is 12.1 Å².